The van der Waals surface area contributed by atoms with Crippen molar-refractivity contribution < 1.29 is 9.15 Å². The van der Waals surface area contributed by atoms with Crippen molar-refractivity contribution in [2.75, 3.05) is 7.11 Å². The van der Waals surface area contributed by atoms with Gasteiger partial charge in [0, 0.05) is 19.5 Å². The molecular formula is C16H23N3O2. The average molecular weight is 289 g/mol. The highest BCUT2D eigenvalue weighted by atomic mass is 16.5. The minimum Gasteiger partial charge on any atom is -0.481 e. The molecule has 0 radical (unpaired) electrons. The first-order valence-corrected chi connectivity index (χ1v) is 7.46. The van der Waals surface area contributed by atoms with Gasteiger partial charge in [-0.3, -0.25) is 0 Å². The lowest BCUT2D eigenvalue weighted by molar-refractivity contribution is 0.367. The van der Waals surface area contributed by atoms with Gasteiger partial charge in [0.1, 0.15) is 11.5 Å². The van der Waals surface area contributed by atoms with E-state index in [0.717, 1.165) is 47.7 Å². The number of aromatic nitrogens is 2. The van der Waals surface area contributed by atoms with E-state index in [-0.39, 0.29) is 0 Å². The van der Waals surface area contributed by atoms with Crippen LogP contribution in [-0.4, -0.2) is 16.9 Å². The Morgan fingerprint density at radius 1 is 1.43 bits per heavy atom. The van der Waals surface area contributed by atoms with E-state index in [4.69, 9.17) is 9.15 Å². The summed E-state index contributed by atoms with van der Waals surface area (Å²) in [6.45, 7) is 5.71. The first-order chi connectivity index (χ1) is 10.1. The smallest absolute Gasteiger partial charge is 0.216 e. The molecule has 0 bridgehead atoms. The Morgan fingerprint density at radius 2 is 2.19 bits per heavy atom. The summed E-state index contributed by atoms with van der Waals surface area (Å²) in [7, 11) is 3.57. The second-order valence-corrected chi connectivity index (χ2v) is 5.92. The second-order valence-electron chi connectivity index (χ2n) is 5.92. The van der Waals surface area contributed by atoms with Gasteiger partial charge in [-0.1, -0.05) is 6.92 Å². The second kappa shape index (κ2) is 5.56. The number of hydrogen-bond acceptors (Lipinski definition) is 4. The summed E-state index contributed by atoms with van der Waals surface area (Å²) in [5, 5.41) is 7.78. The van der Waals surface area contributed by atoms with Crippen LogP contribution < -0.4 is 10.1 Å². The number of rotatable bonds is 6. The molecule has 1 N–H and O–H groups in total. The number of nitrogens with one attached hydrogen (secondary N) is 1. The quantitative estimate of drug-likeness (QED) is 0.888. The van der Waals surface area contributed by atoms with Crippen molar-refractivity contribution in [3.63, 3.8) is 0 Å². The van der Waals surface area contributed by atoms with Crippen molar-refractivity contribution in [2.24, 2.45) is 13.0 Å². The van der Waals surface area contributed by atoms with Gasteiger partial charge in [-0.2, -0.15) is 5.10 Å². The van der Waals surface area contributed by atoms with Crippen LogP contribution in [0, 0.1) is 12.8 Å². The summed E-state index contributed by atoms with van der Waals surface area (Å²) in [4.78, 5) is 0. The fourth-order valence-corrected chi connectivity index (χ4v) is 2.86. The third kappa shape index (κ3) is 2.83. The zero-order chi connectivity index (χ0) is 15.0. The molecule has 0 unspecified atom stereocenters. The fourth-order valence-electron chi connectivity index (χ4n) is 2.86. The van der Waals surface area contributed by atoms with Crippen LogP contribution in [0.4, 0.5) is 0 Å². The lowest BCUT2D eigenvalue weighted by Gasteiger charge is -2.06. The van der Waals surface area contributed by atoms with Crippen molar-refractivity contribution in [3.8, 4) is 5.88 Å². The Kier molecular flexibility index (Phi) is 3.76. The van der Waals surface area contributed by atoms with E-state index in [1.807, 2.05) is 14.0 Å². The number of furan rings is 1. The van der Waals surface area contributed by atoms with Crippen molar-refractivity contribution >= 4 is 0 Å². The molecule has 0 aromatic carbocycles. The molecule has 114 valence electrons. The van der Waals surface area contributed by atoms with Crippen LogP contribution in [0.15, 0.2) is 16.5 Å². The van der Waals surface area contributed by atoms with E-state index in [2.05, 4.69) is 29.5 Å². The molecule has 2 aromatic heterocycles. The van der Waals surface area contributed by atoms with E-state index in [1.54, 1.807) is 11.8 Å². The average Bonchev–Trinajstić information content (AvgIpc) is 2.89. The summed E-state index contributed by atoms with van der Waals surface area (Å²) < 4.78 is 13.1. The maximum atomic E-state index is 5.89. The lowest BCUT2D eigenvalue weighted by atomic mass is 10.2. The maximum Gasteiger partial charge on any atom is 0.216 e. The largest absolute Gasteiger partial charge is 0.481 e. The topological polar surface area (TPSA) is 52.2 Å². The summed E-state index contributed by atoms with van der Waals surface area (Å²) in [6.07, 6.45) is 1.26. The molecule has 21 heavy (non-hydrogen) atoms. The van der Waals surface area contributed by atoms with Gasteiger partial charge in [-0.05, 0) is 31.4 Å². The van der Waals surface area contributed by atoms with Gasteiger partial charge in [-0.25, -0.2) is 4.68 Å². The number of aryl methyl sites for hydroxylation is 2. The van der Waals surface area contributed by atoms with Crippen LogP contribution in [0.2, 0.25) is 0 Å². The van der Waals surface area contributed by atoms with E-state index >= 15 is 0 Å². The Bertz CT molecular complexity index is 630. The van der Waals surface area contributed by atoms with Crippen LogP contribution in [0.25, 0.3) is 0 Å². The lowest BCUT2D eigenvalue weighted by Crippen LogP contribution is -2.13. The first-order valence-electron chi connectivity index (χ1n) is 7.46. The van der Waals surface area contributed by atoms with Crippen LogP contribution in [-0.2, 0) is 20.1 Å². The maximum absolute atomic E-state index is 5.89. The van der Waals surface area contributed by atoms with Gasteiger partial charge in [-0.15, -0.1) is 0 Å². The molecule has 1 saturated carbocycles. The highest BCUT2D eigenvalue weighted by molar-refractivity contribution is 5.30. The number of methoxy groups -OCH3 is 1. The van der Waals surface area contributed by atoms with Crippen molar-refractivity contribution in [3.05, 3.63) is 34.9 Å². The third-order valence-electron chi connectivity index (χ3n) is 4.24. The summed E-state index contributed by atoms with van der Waals surface area (Å²) in [5.41, 5.74) is 2.09. The predicted molar refractivity (Wildman–Crippen MR) is 80.3 cm³/mol. The number of hydrogen-bond donors (Lipinski definition) is 1. The highest BCUT2D eigenvalue weighted by Gasteiger charge is 2.36. The summed E-state index contributed by atoms with van der Waals surface area (Å²) in [6, 6.07) is 4.18. The normalized spacial score (nSPS) is 20.8. The minimum atomic E-state index is 0.638. The zero-order valence-electron chi connectivity index (χ0n) is 13.1. The van der Waals surface area contributed by atoms with Gasteiger partial charge in [0.15, 0.2) is 0 Å². The molecule has 1 aliphatic rings. The fraction of sp³-hybridized carbons (Fsp3) is 0.562. The van der Waals surface area contributed by atoms with E-state index in [1.165, 1.54) is 6.42 Å². The molecule has 2 heterocycles. The monoisotopic (exact) mass is 289 g/mol. The molecule has 0 aliphatic heterocycles. The molecule has 0 amide bonds. The number of nitrogens with zero attached hydrogens (tertiary/aromatic N) is 2. The number of ether oxygens (including phenoxy) is 1. The molecule has 0 saturated heterocycles. The molecule has 3 rings (SSSR count). The van der Waals surface area contributed by atoms with Gasteiger partial charge < -0.3 is 14.5 Å². The minimum absolute atomic E-state index is 0.638. The van der Waals surface area contributed by atoms with Crippen LogP contribution in [0.1, 0.15) is 42.0 Å². The molecule has 2 atom stereocenters. The Morgan fingerprint density at radius 3 is 2.86 bits per heavy atom. The predicted octanol–water partition coefficient (Wildman–Crippen LogP) is 2.74. The van der Waals surface area contributed by atoms with E-state index in [9.17, 15) is 0 Å². The van der Waals surface area contributed by atoms with Crippen molar-refractivity contribution in [1.82, 2.24) is 15.1 Å². The Labute approximate surface area is 125 Å². The molecule has 5 nitrogen and oxygen atoms in total. The standard InChI is InChI=1S/C16H23N3O2/c1-10-7-13(10)15-6-5-12(21-15)8-17-9-14-11(2)18-19(3)16(14)20-4/h5-6,10,13,17H,7-9H2,1-4H3/t10-,13+/m1/s1. The van der Waals surface area contributed by atoms with Crippen LogP contribution in [0.5, 0.6) is 5.88 Å². The van der Waals surface area contributed by atoms with Gasteiger partial charge >= 0.3 is 0 Å². The molecule has 1 aliphatic carbocycles. The van der Waals surface area contributed by atoms with Gasteiger partial charge in [0.05, 0.1) is 24.9 Å². The third-order valence-corrected chi connectivity index (χ3v) is 4.24. The van der Waals surface area contributed by atoms with Gasteiger partial charge in [0.2, 0.25) is 5.88 Å². The van der Waals surface area contributed by atoms with E-state index < -0.39 is 0 Å². The van der Waals surface area contributed by atoms with Gasteiger partial charge in [0.25, 0.3) is 0 Å². The molecule has 1 fully saturated rings. The van der Waals surface area contributed by atoms with Crippen LogP contribution >= 0.6 is 0 Å². The highest BCUT2D eigenvalue weighted by Crippen LogP contribution is 2.47. The molecular weight excluding hydrogens is 266 g/mol. The molecule has 5 heteroatoms. The van der Waals surface area contributed by atoms with E-state index in [0.29, 0.717) is 5.92 Å². The van der Waals surface area contributed by atoms with Crippen LogP contribution in [0.3, 0.4) is 0 Å². The first kappa shape index (κ1) is 14.2. The molecule has 2 aromatic rings. The SMILES string of the molecule is COc1c(CNCc2ccc([C@H]3C[C@H]3C)o2)c(C)nn1C. The van der Waals surface area contributed by atoms with Crippen molar-refractivity contribution in [1.29, 1.82) is 0 Å². The summed E-state index contributed by atoms with van der Waals surface area (Å²) in [5.74, 6) is 4.35. The van der Waals surface area contributed by atoms with Crippen molar-refractivity contribution in [2.45, 2.75) is 39.3 Å². The Hall–Kier alpha value is -1.75. The summed E-state index contributed by atoms with van der Waals surface area (Å²) >= 11 is 0. The molecule has 0 spiro atoms. The zero-order valence-corrected chi connectivity index (χ0v) is 13.1. The Balaban J connectivity index is 1.57.